The molecule has 20 heavy (non-hydrogen) atoms. The van der Waals surface area contributed by atoms with Gasteiger partial charge in [-0.2, -0.15) is 0 Å². The van der Waals surface area contributed by atoms with Gasteiger partial charge in [0.25, 0.3) is 0 Å². The molecule has 1 aromatic carbocycles. The van der Waals surface area contributed by atoms with Gasteiger partial charge < -0.3 is 10.2 Å². The number of benzene rings is 1. The zero-order valence-corrected chi connectivity index (χ0v) is 13.1. The quantitative estimate of drug-likeness (QED) is 0.911. The fourth-order valence-electron chi connectivity index (χ4n) is 3.60. The van der Waals surface area contributed by atoms with Gasteiger partial charge in [-0.15, -0.1) is 0 Å². The largest absolute Gasteiger partial charge is 0.310 e. The van der Waals surface area contributed by atoms with Crippen molar-refractivity contribution in [3.63, 3.8) is 0 Å². The van der Waals surface area contributed by atoms with Crippen molar-refractivity contribution < 1.29 is 0 Å². The second kappa shape index (κ2) is 6.46. The van der Waals surface area contributed by atoms with Crippen molar-refractivity contribution in [3.05, 3.63) is 34.9 Å². The number of hydrogen-bond donors (Lipinski definition) is 1. The van der Waals surface area contributed by atoms with Crippen molar-refractivity contribution in [1.82, 2.24) is 10.2 Å². The Morgan fingerprint density at radius 3 is 2.90 bits per heavy atom. The molecule has 2 aliphatic rings. The fourth-order valence-corrected chi connectivity index (χ4v) is 3.80. The number of likely N-dealkylation sites (tertiary alicyclic amines) is 1. The van der Waals surface area contributed by atoms with Crippen molar-refractivity contribution in [2.45, 2.75) is 50.6 Å². The summed E-state index contributed by atoms with van der Waals surface area (Å²) in [6, 6.07) is 9.78. The van der Waals surface area contributed by atoms with E-state index in [9.17, 15) is 0 Å². The monoisotopic (exact) mass is 292 g/mol. The molecule has 1 saturated heterocycles. The minimum atomic E-state index is 0.703. The zero-order valence-electron chi connectivity index (χ0n) is 12.3. The van der Waals surface area contributed by atoms with Crippen molar-refractivity contribution in [2.75, 3.05) is 19.6 Å². The third kappa shape index (κ3) is 3.36. The molecule has 0 radical (unpaired) electrons. The summed E-state index contributed by atoms with van der Waals surface area (Å²) in [7, 11) is 0. The molecular weight excluding hydrogens is 268 g/mol. The number of nitrogens with one attached hydrogen (secondary N) is 1. The third-order valence-corrected chi connectivity index (χ3v) is 5.12. The van der Waals surface area contributed by atoms with Crippen LogP contribution in [0.3, 0.4) is 0 Å². The van der Waals surface area contributed by atoms with E-state index >= 15 is 0 Å². The van der Waals surface area contributed by atoms with Crippen molar-refractivity contribution in [2.24, 2.45) is 0 Å². The predicted octanol–water partition coefficient (Wildman–Crippen LogP) is 3.66. The minimum absolute atomic E-state index is 0.703. The summed E-state index contributed by atoms with van der Waals surface area (Å²) in [6.45, 7) is 5.97. The van der Waals surface area contributed by atoms with Gasteiger partial charge in [0.1, 0.15) is 0 Å². The maximum atomic E-state index is 6.07. The van der Waals surface area contributed by atoms with E-state index in [0.29, 0.717) is 18.0 Å². The lowest BCUT2D eigenvalue weighted by Gasteiger charge is -2.41. The smallest absolute Gasteiger partial charge is 0.0408 e. The molecule has 1 aliphatic carbocycles. The Bertz CT molecular complexity index is 442. The highest BCUT2D eigenvalue weighted by atomic mass is 35.5. The van der Waals surface area contributed by atoms with Gasteiger partial charge in [0.05, 0.1) is 0 Å². The summed E-state index contributed by atoms with van der Waals surface area (Å²) in [4.78, 5) is 2.56. The first-order chi connectivity index (χ1) is 9.74. The van der Waals surface area contributed by atoms with E-state index in [1.807, 2.05) is 6.07 Å². The lowest BCUT2D eigenvalue weighted by molar-refractivity contribution is 0.167. The average molecular weight is 293 g/mol. The second-order valence-electron chi connectivity index (χ2n) is 6.32. The summed E-state index contributed by atoms with van der Waals surface area (Å²) in [5, 5.41) is 4.72. The number of piperidine rings is 1. The van der Waals surface area contributed by atoms with Crippen LogP contribution in [0.5, 0.6) is 0 Å². The fraction of sp³-hybridized carbons (Fsp3) is 0.647. The molecule has 1 unspecified atom stereocenters. The Morgan fingerprint density at radius 2 is 2.15 bits per heavy atom. The number of rotatable bonds is 4. The van der Waals surface area contributed by atoms with E-state index in [1.165, 1.54) is 50.9 Å². The van der Waals surface area contributed by atoms with Crippen LogP contribution in [0.4, 0.5) is 0 Å². The Morgan fingerprint density at radius 1 is 1.30 bits per heavy atom. The summed E-state index contributed by atoms with van der Waals surface area (Å²) in [5.74, 6) is 0.706. The molecule has 110 valence electrons. The maximum absolute atomic E-state index is 6.07. The van der Waals surface area contributed by atoms with E-state index in [1.54, 1.807) is 0 Å². The van der Waals surface area contributed by atoms with Gasteiger partial charge in [0.2, 0.25) is 0 Å². The SMILES string of the molecule is CCN1CCCC(NC2CC(c3cccc(Cl)c3)C2)C1. The topological polar surface area (TPSA) is 15.3 Å². The van der Waals surface area contributed by atoms with Gasteiger partial charge >= 0.3 is 0 Å². The van der Waals surface area contributed by atoms with Gasteiger partial charge in [-0.1, -0.05) is 30.7 Å². The molecule has 3 rings (SSSR count). The van der Waals surface area contributed by atoms with E-state index in [2.05, 4.69) is 35.3 Å². The molecule has 0 bridgehead atoms. The molecule has 2 nitrogen and oxygen atoms in total. The summed E-state index contributed by atoms with van der Waals surface area (Å²) >= 11 is 6.07. The highest BCUT2D eigenvalue weighted by Gasteiger charge is 2.32. The van der Waals surface area contributed by atoms with Crippen LogP contribution < -0.4 is 5.32 Å². The van der Waals surface area contributed by atoms with Crippen LogP contribution in [0.1, 0.15) is 44.1 Å². The van der Waals surface area contributed by atoms with Gasteiger partial charge in [-0.05, 0) is 62.4 Å². The molecule has 2 fully saturated rings. The number of nitrogens with zero attached hydrogens (tertiary/aromatic N) is 1. The van der Waals surface area contributed by atoms with E-state index in [4.69, 9.17) is 11.6 Å². The molecule has 0 amide bonds. The van der Waals surface area contributed by atoms with Gasteiger partial charge in [-0.3, -0.25) is 0 Å². The summed E-state index contributed by atoms with van der Waals surface area (Å²) in [6.07, 6.45) is 5.22. The van der Waals surface area contributed by atoms with Crippen LogP contribution in [0.2, 0.25) is 5.02 Å². The lowest BCUT2D eigenvalue weighted by atomic mass is 9.75. The minimum Gasteiger partial charge on any atom is -0.310 e. The van der Waals surface area contributed by atoms with Crippen LogP contribution in [-0.2, 0) is 0 Å². The molecule has 1 saturated carbocycles. The highest BCUT2D eigenvalue weighted by molar-refractivity contribution is 6.30. The number of likely N-dealkylation sites (N-methyl/N-ethyl adjacent to an activating group) is 1. The highest BCUT2D eigenvalue weighted by Crippen LogP contribution is 2.38. The first-order valence-electron chi connectivity index (χ1n) is 7.98. The molecule has 1 atom stereocenters. The second-order valence-corrected chi connectivity index (χ2v) is 6.76. The maximum Gasteiger partial charge on any atom is 0.0408 e. The normalized spacial score (nSPS) is 31.0. The van der Waals surface area contributed by atoms with Crippen LogP contribution in [-0.4, -0.2) is 36.6 Å². The van der Waals surface area contributed by atoms with Gasteiger partial charge in [-0.25, -0.2) is 0 Å². The van der Waals surface area contributed by atoms with Crippen molar-refractivity contribution in [1.29, 1.82) is 0 Å². The Balaban J connectivity index is 1.46. The summed E-state index contributed by atoms with van der Waals surface area (Å²) < 4.78 is 0. The standard InChI is InChI=1S/C17H25ClN2/c1-2-20-8-4-7-16(12-20)19-17-10-14(11-17)13-5-3-6-15(18)9-13/h3,5-6,9,14,16-17,19H,2,4,7-8,10-12H2,1H3. The lowest BCUT2D eigenvalue weighted by Crippen LogP contribution is -2.52. The third-order valence-electron chi connectivity index (χ3n) is 4.88. The predicted molar refractivity (Wildman–Crippen MR) is 85.5 cm³/mol. The molecule has 1 aromatic rings. The molecule has 3 heteroatoms. The summed E-state index contributed by atoms with van der Waals surface area (Å²) in [5.41, 5.74) is 1.41. The first-order valence-corrected chi connectivity index (χ1v) is 8.36. The van der Waals surface area contributed by atoms with Crippen LogP contribution in [0.15, 0.2) is 24.3 Å². The van der Waals surface area contributed by atoms with E-state index in [0.717, 1.165) is 5.02 Å². The zero-order chi connectivity index (χ0) is 13.9. The van der Waals surface area contributed by atoms with Crippen LogP contribution >= 0.6 is 11.6 Å². The first kappa shape index (κ1) is 14.4. The van der Waals surface area contributed by atoms with Crippen molar-refractivity contribution in [3.8, 4) is 0 Å². The number of hydrogen-bond acceptors (Lipinski definition) is 2. The molecule has 0 spiro atoms. The number of halogens is 1. The average Bonchev–Trinajstić information content (AvgIpc) is 2.42. The van der Waals surface area contributed by atoms with Gasteiger partial charge in [0, 0.05) is 23.7 Å². The van der Waals surface area contributed by atoms with Crippen molar-refractivity contribution >= 4 is 11.6 Å². The van der Waals surface area contributed by atoms with Crippen LogP contribution in [0.25, 0.3) is 0 Å². The molecule has 1 N–H and O–H groups in total. The Labute approximate surface area is 127 Å². The van der Waals surface area contributed by atoms with Gasteiger partial charge in [0.15, 0.2) is 0 Å². The Kier molecular flexibility index (Phi) is 4.65. The molecular formula is C17H25ClN2. The molecule has 0 aromatic heterocycles. The Hall–Kier alpha value is -0.570. The molecule has 1 heterocycles. The molecule has 1 aliphatic heterocycles. The van der Waals surface area contributed by atoms with Crippen LogP contribution in [0, 0.1) is 0 Å². The van der Waals surface area contributed by atoms with E-state index in [-0.39, 0.29) is 0 Å². The van der Waals surface area contributed by atoms with E-state index < -0.39 is 0 Å².